The predicted molar refractivity (Wildman–Crippen MR) is 82.7 cm³/mol. The van der Waals surface area contributed by atoms with E-state index in [1.54, 1.807) is 0 Å². The minimum atomic E-state index is -0.962. The van der Waals surface area contributed by atoms with Crippen molar-refractivity contribution in [1.82, 2.24) is 5.32 Å². The van der Waals surface area contributed by atoms with E-state index in [0.29, 0.717) is 6.42 Å². The third-order valence-corrected chi connectivity index (χ3v) is 5.60. The van der Waals surface area contributed by atoms with E-state index in [1.165, 1.54) is 0 Å². The van der Waals surface area contributed by atoms with E-state index in [-0.39, 0.29) is 35.1 Å². The van der Waals surface area contributed by atoms with Gasteiger partial charge < -0.3 is 16.2 Å². The topological polar surface area (TPSA) is 92.4 Å². The van der Waals surface area contributed by atoms with Gasteiger partial charge in [0.25, 0.3) is 0 Å². The second-order valence-electron chi connectivity index (χ2n) is 7.11. The Hall–Kier alpha value is -1.10. The summed E-state index contributed by atoms with van der Waals surface area (Å²) in [6.45, 7) is 9.97. The maximum absolute atomic E-state index is 12.6. The number of hydrogen-bond acceptors (Lipinski definition) is 3. The number of amides is 1. The number of aliphatic carboxylic acids is 1. The van der Waals surface area contributed by atoms with Gasteiger partial charge in [-0.1, -0.05) is 41.0 Å². The van der Waals surface area contributed by atoms with Gasteiger partial charge in [0.15, 0.2) is 0 Å². The van der Waals surface area contributed by atoms with Gasteiger partial charge in [-0.05, 0) is 30.1 Å². The van der Waals surface area contributed by atoms with E-state index in [9.17, 15) is 14.7 Å². The van der Waals surface area contributed by atoms with E-state index in [1.807, 2.05) is 13.8 Å². The molecule has 1 rings (SSSR count). The monoisotopic (exact) mass is 298 g/mol. The highest BCUT2D eigenvalue weighted by Gasteiger charge is 2.45. The molecule has 0 aromatic rings. The van der Waals surface area contributed by atoms with Crippen molar-refractivity contribution < 1.29 is 14.7 Å². The fourth-order valence-electron chi connectivity index (χ4n) is 3.26. The third kappa shape index (κ3) is 3.76. The molecule has 1 aliphatic rings. The normalized spacial score (nSPS) is 31.2. The Morgan fingerprint density at radius 3 is 2.43 bits per heavy atom. The average molecular weight is 298 g/mol. The summed E-state index contributed by atoms with van der Waals surface area (Å²) >= 11 is 0. The molecule has 0 spiro atoms. The Bertz CT molecular complexity index is 395. The first-order valence-corrected chi connectivity index (χ1v) is 7.91. The number of carboxylic acids is 1. The van der Waals surface area contributed by atoms with E-state index in [0.717, 1.165) is 12.8 Å². The van der Waals surface area contributed by atoms with Gasteiger partial charge in [-0.2, -0.15) is 0 Å². The van der Waals surface area contributed by atoms with Gasteiger partial charge >= 0.3 is 5.97 Å². The Balaban J connectivity index is 2.85. The van der Waals surface area contributed by atoms with Gasteiger partial charge in [-0.3, -0.25) is 4.79 Å². The summed E-state index contributed by atoms with van der Waals surface area (Å²) in [5, 5.41) is 12.1. The minimum Gasteiger partial charge on any atom is -0.480 e. The molecule has 0 aromatic carbocycles. The third-order valence-electron chi connectivity index (χ3n) is 5.60. The number of rotatable bonds is 5. The van der Waals surface area contributed by atoms with E-state index < -0.39 is 12.0 Å². The number of carbonyl (C=O) groups excluding carboxylic acids is 1. The summed E-state index contributed by atoms with van der Waals surface area (Å²) in [6.07, 6.45) is 2.24. The molecular formula is C16H30N2O3. The summed E-state index contributed by atoms with van der Waals surface area (Å²) < 4.78 is 0. The smallest absolute Gasteiger partial charge is 0.326 e. The Kier molecular flexibility index (Phi) is 5.79. The van der Waals surface area contributed by atoms with Crippen molar-refractivity contribution in [2.45, 2.75) is 66.0 Å². The highest BCUT2D eigenvalue weighted by molar-refractivity contribution is 5.85. The van der Waals surface area contributed by atoms with Crippen molar-refractivity contribution in [3.63, 3.8) is 0 Å². The van der Waals surface area contributed by atoms with Crippen molar-refractivity contribution in [1.29, 1.82) is 0 Å². The van der Waals surface area contributed by atoms with Crippen LogP contribution in [0.15, 0.2) is 0 Å². The van der Waals surface area contributed by atoms with Crippen LogP contribution in [0.5, 0.6) is 0 Å². The van der Waals surface area contributed by atoms with Crippen LogP contribution in [-0.4, -0.2) is 29.1 Å². The quantitative estimate of drug-likeness (QED) is 0.724. The molecule has 5 heteroatoms. The largest absolute Gasteiger partial charge is 0.480 e. The number of nitrogens with one attached hydrogen (secondary N) is 1. The van der Waals surface area contributed by atoms with Gasteiger partial charge in [0.05, 0.1) is 0 Å². The van der Waals surface area contributed by atoms with Gasteiger partial charge in [-0.15, -0.1) is 0 Å². The van der Waals surface area contributed by atoms with Crippen molar-refractivity contribution in [3.8, 4) is 0 Å². The lowest BCUT2D eigenvalue weighted by Gasteiger charge is -2.46. The van der Waals surface area contributed by atoms with E-state index in [4.69, 9.17) is 5.73 Å². The van der Waals surface area contributed by atoms with Crippen LogP contribution >= 0.6 is 0 Å². The molecule has 1 amide bonds. The van der Waals surface area contributed by atoms with Crippen LogP contribution in [0.1, 0.15) is 53.9 Å². The van der Waals surface area contributed by atoms with Crippen LogP contribution < -0.4 is 11.1 Å². The molecule has 1 fully saturated rings. The lowest BCUT2D eigenvalue weighted by molar-refractivity contribution is -0.146. The molecular weight excluding hydrogens is 268 g/mol. The maximum Gasteiger partial charge on any atom is 0.326 e. The predicted octanol–water partition coefficient (Wildman–Crippen LogP) is 2.00. The zero-order valence-corrected chi connectivity index (χ0v) is 13.8. The Morgan fingerprint density at radius 2 is 1.95 bits per heavy atom. The summed E-state index contributed by atoms with van der Waals surface area (Å²) in [6, 6.07) is -0.710. The average Bonchev–Trinajstić information content (AvgIpc) is 2.40. The molecule has 0 radical (unpaired) electrons. The van der Waals surface area contributed by atoms with Crippen LogP contribution in [0.25, 0.3) is 0 Å². The molecule has 5 nitrogen and oxygen atoms in total. The molecule has 0 bridgehead atoms. The van der Waals surface area contributed by atoms with Crippen molar-refractivity contribution >= 4 is 11.9 Å². The van der Waals surface area contributed by atoms with Crippen LogP contribution in [0.2, 0.25) is 0 Å². The number of carbonyl (C=O) groups is 2. The second kappa shape index (κ2) is 6.77. The first kappa shape index (κ1) is 18.0. The Morgan fingerprint density at radius 1 is 1.38 bits per heavy atom. The highest BCUT2D eigenvalue weighted by Crippen LogP contribution is 2.44. The molecule has 122 valence electrons. The molecule has 5 atom stereocenters. The van der Waals surface area contributed by atoms with Crippen LogP contribution in [0.4, 0.5) is 0 Å². The maximum atomic E-state index is 12.6. The minimum absolute atomic E-state index is 0.0853. The fourth-order valence-corrected chi connectivity index (χ4v) is 3.26. The van der Waals surface area contributed by atoms with Crippen molar-refractivity contribution in [2.75, 3.05) is 0 Å². The lowest BCUT2D eigenvalue weighted by Crippen LogP contribution is -2.55. The summed E-state index contributed by atoms with van der Waals surface area (Å²) in [5.41, 5.74) is 5.89. The fraction of sp³-hybridized carbons (Fsp3) is 0.875. The van der Waals surface area contributed by atoms with Crippen molar-refractivity contribution in [3.05, 3.63) is 0 Å². The zero-order valence-electron chi connectivity index (χ0n) is 13.8. The first-order valence-electron chi connectivity index (χ1n) is 7.91. The standard InChI is InChI=1S/C16H30N2O3/c1-6-9(2)13(15(20)21)18-14(19)11-7-8-12(17)10(3)16(11,4)5/h9-13H,6-8,17H2,1-5H3,(H,18,19)(H,20,21)/t9-,10?,11?,12?,13-/m0/s1. The number of hydrogen-bond donors (Lipinski definition) is 3. The molecule has 4 N–H and O–H groups in total. The highest BCUT2D eigenvalue weighted by atomic mass is 16.4. The summed E-state index contributed by atoms with van der Waals surface area (Å²) in [4.78, 5) is 23.9. The van der Waals surface area contributed by atoms with Crippen LogP contribution in [-0.2, 0) is 9.59 Å². The summed E-state index contributed by atoms with van der Waals surface area (Å²) in [5.74, 6) is -1.15. The summed E-state index contributed by atoms with van der Waals surface area (Å²) in [7, 11) is 0. The molecule has 3 unspecified atom stereocenters. The molecule has 0 aromatic heterocycles. The second-order valence-corrected chi connectivity index (χ2v) is 7.11. The van der Waals surface area contributed by atoms with Gasteiger partial charge in [0.1, 0.15) is 6.04 Å². The molecule has 0 saturated heterocycles. The lowest BCUT2D eigenvalue weighted by atomic mass is 9.61. The SMILES string of the molecule is CC[C@H](C)[C@H](NC(=O)C1CCC(N)C(C)C1(C)C)C(=O)O. The van der Waals surface area contributed by atoms with Crippen LogP contribution in [0.3, 0.4) is 0 Å². The number of nitrogens with two attached hydrogens (primary N) is 1. The zero-order chi connectivity index (χ0) is 16.4. The molecule has 1 aliphatic carbocycles. The van der Waals surface area contributed by atoms with E-state index >= 15 is 0 Å². The van der Waals surface area contributed by atoms with Gasteiger partial charge in [0, 0.05) is 12.0 Å². The number of carboxylic acid groups (broad SMARTS) is 1. The van der Waals surface area contributed by atoms with Gasteiger partial charge in [-0.25, -0.2) is 4.79 Å². The molecule has 1 saturated carbocycles. The first-order chi connectivity index (χ1) is 9.62. The van der Waals surface area contributed by atoms with Crippen LogP contribution in [0, 0.1) is 23.2 Å². The van der Waals surface area contributed by atoms with E-state index in [2.05, 4.69) is 26.1 Å². The molecule has 0 heterocycles. The van der Waals surface area contributed by atoms with Gasteiger partial charge in [0.2, 0.25) is 5.91 Å². The molecule has 21 heavy (non-hydrogen) atoms. The van der Waals surface area contributed by atoms with Crippen molar-refractivity contribution in [2.24, 2.45) is 28.9 Å². The Labute approximate surface area is 127 Å². The molecule has 0 aliphatic heterocycles.